The van der Waals surface area contributed by atoms with Gasteiger partial charge >= 0.3 is 0 Å². The van der Waals surface area contributed by atoms with Crippen molar-refractivity contribution >= 4 is 0 Å². The first-order chi connectivity index (χ1) is 11.1. The summed E-state index contributed by atoms with van der Waals surface area (Å²) in [7, 11) is 0. The van der Waals surface area contributed by atoms with Crippen molar-refractivity contribution in [2.45, 2.75) is 78.1 Å². The Morgan fingerprint density at radius 3 is 2.57 bits per heavy atom. The van der Waals surface area contributed by atoms with Gasteiger partial charge in [-0.25, -0.2) is 0 Å². The van der Waals surface area contributed by atoms with Crippen molar-refractivity contribution in [3.05, 3.63) is 12.3 Å². The zero-order valence-corrected chi connectivity index (χ0v) is 15.2. The maximum absolute atomic E-state index is 5.76. The number of hydrogen-bond donors (Lipinski definition) is 0. The van der Waals surface area contributed by atoms with Crippen LogP contribution in [0.15, 0.2) is 12.3 Å². The maximum atomic E-state index is 5.76. The zero-order chi connectivity index (χ0) is 15.7. The average Bonchev–Trinajstić information content (AvgIpc) is 3.14. The van der Waals surface area contributed by atoms with E-state index < -0.39 is 0 Å². The van der Waals surface area contributed by atoms with Crippen LogP contribution in [0.5, 0.6) is 0 Å². The van der Waals surface area contributed by atoms with Crippen molar-refractivity contribution in [2.75, 3.05) is 6.61 Å². The average molecular weight is 315 g/mol. The summed E-state index contributed by atoms with van der Waals surface area (Å²) in [5.74, 6) is 4.06. The molecule has 7 atom stereocenters. The van der Waals surface area contributed by atoms with E-state index in [9.17, 15) is 0 Å². The molecule has 4 saturated carbocycles. The summed E-state index contributed by atoms with van der Waals surface area (Å²) in [6.07, 6.45) is 19.4. The molecule has 0 bridgehead atoms. The van der Waals surface area contributed by atoms with Gasteiger partial charge in [0.25, 0.3) is 0 Å². The third-order valence-electron chi connectivity index (χ3n) is 9.84. The lowest BCUT2D eigenvalue weighted by atomic mass is 9.43. The van der Waals surface area contributed by atoms with Crippen LogP contribution in [0.1, 0.15) is 78.1 Å². The van der Waals surface area contributed by atoms with E-state index in [1.807, 2.05) is 6.26 Å². The third-order valence-corrected chi connectivity index (χ3v) is 9.84. The van der Waals surface area contributed by atoms with Gasteiger partial charge in [-0.05, 0) is 91.9 Å². The van der Waals surface area contributed by atoms with Crippen molar-refractivity contribution < 1.29 is 4.74 Å². The third kappa shape index (κ3) is 1.75. The van der Waals surface area contributed by atoms with E-state index in [4.69, 9.17) is 4.74 Å². The molecule has 0 amide bonds. The number of fused-ring (bicyclic) bond motifs is 6. The molecule has 0 N–H and O–H groups in total. The Bertz CT molecular complexity index is 524. The lowest BCUT2D eigenvalue weighted by Gasteiger charge is -2.61. The molecule has 4 fully saturated rings. The molecule has 1 aliphatic heterocycles. The van der Waals surface area contributed by atoms with Crippen molar-refractivity contribution in [1.82, 2.24) is 0 Å². The van der Waals surface area contributed by atoms with Crippen LogP contribution in [-0.4, -0.2) is 6.61 Å². The standard InChI is InChI=1S/C22H34O/c1-20-10-4-3-5-16(20)6-7-17-18(20)8-11-21(2)19(17)9-12-22(21)13-14-23-15-22/h13-14,16-19H,3-12,15H2,1-2H3/t16?,17-,18+,19+,20+,21?,22?/m1/s1. The van der Waals surface area contributed by atoms with Gasteiger partial charge in [-0.3, -0.25) is 0 Å². The molecule has 5 aliphatic rings. The Kier molecular flexibility index (Phi) is 3.09. The van der Waals surface area contributed by atoms with Crippen LogP contribution in [0.3, 0.4) is 0 Å². The Labute approximate surface area is 142 Å². The van der Waals surface area contributed by atoms with E-state index in [-0.39, 0.29) is 0 Å². The molecule has 1 spiro atoms. The molecule has 23 heavy (non-hydrogen) atoms. The van der Waals surface area contributed by atoms with Crippen LogP contribution in [0.2, 0.25) is 0 Å². The van der Waals surface area contributed by atoms with Crippen molar-refractivity contribution in [3.8, 4) is 0 Å². The molecule has 5 rings (SSSR count). The second-order valence-corrected chi connectivity index (χ2v) is 10.2. The molecular formula is C22H34O. The molecule has 0 aromatic heterocycles. The van der Waals surface area contributed by atoms with Crippen LogP contribution < -0.4 is 0 Å². The molecule has 1 heteroatoms. The highest BCUT2D eigenvalue weighted by Gasteiger charge is 2.64. The molecule has 0 radical (unpaired) electrons. The summed E-state index contributed by atoms with van der Waals surface area (Å²) in [5.41, 5.74) is 1.58. The van der Waals surface area contributed by atoms with Gasteiger partial charge in [-0.15, -0.1) is 0 Å². The fourth-order valence-corrected chi connectivity index (χ4v) is 8.40. The normalized spacial score (nSPS) is 57.7. The molecular weight excluding hydrogens is 280 g/mol. The second-order valence-electron chi connectivity index (χ2n) is 10.2. The largest absolute Gasteiger partial charge is 0.501 e. The van der Waals surface area contributed by atoms with E-state index in [1.165, 1.54) is 64.2 Å². The van der Waals surface area contributed by atoms with Gasteiger partial charge in [-0.2, -0.15) is 0 Å². The quantitative estimate of drug-likeness (QED) is 0.537. The van der Waals surface area contributed by atoms with Crippen molar-refractivity contribution in [1.29, 1.82) is 0 Å². The monoisotopic (exact) mass is 314 g/mol. The molecule has 128 valence electrons. The van der Waals surface area contributed by atoms with E-state index in [0.717, 1.165) is 30.3 Å². The first-order valence-electron chi connectivity index (χ1n) is 10.4. The highest BCUT2D eigenvalue weighted by molar-refractivity contribution is 5.20. The Morgan fingerprint density at radius 2 is 1.74 bits per heavy atom. The highest BCUT2D eigenvalue weighted by atomic mass is 16.5. The molecule has 4 aliphatic carbocycles. The van der Waals surface area contributed by atoms with Crippen LogP contribution in [0.25, 0.3) is 0 Å². The lowest BCUT2D eigenvalue weighted by molar-refractivity contribution is -0.121. The van der Waals surface area contributed by atoms with Crippen molar-refractivity contribution in [3.63, 3.8) is 0 Å². The van der Waals surface area contributed by atoms with Gasteiger partial charge in [0.1, 0.15) is 0 Å². The topological polar surface area (TPSA) is 9.23 Å². The molecule has 1 heterocycles. The second kappa shape index (κ2) is 4.79. The number of hydrogen-bond acceptors (Lipinski definition) is 1. The van der Waals surface area contributed by atoms with Crippen LogP contribution in [0.4, 0.5) is 0 Å². The van der Waals surface area contributed by atoms with Crippen LogP contribution in [-0.2, 0) is 4.74 Å². The molecule has 0 saturated heterocycles. The van der Waals surface area contributed by atoms with Gasteiger partial charge in [-0.1, -0.05) is 26.7 Å². The Balaban J connectivity index is 1.48. The smallest absolute Gasteiger partial charge is 0.0970 e. The summed E-state index contributed by atoms with van der Waals surface area (Å²) >= 11 is 0. The first kappa shape index (κ1) is 14.8. The zero-order valence-electron chi connectivity index (χ0n) is 15.2. The minimum atomic E-state index is 0.382. The van der Waals surface area contributed by atoms with E-state index in [0.29, 0.717) is 16.2 Å². The summed E-state index contributed by atoms with van der Waals surface area (Å²) in [6.45, 7) is 6.30. The Hall–Kier alpha value is -0.460. The molecule has 3 unspecified atom stereocenters. The van der Waals surface area contributed by atoms with Crippen LogP contribution in [0, 0.1) is 39.9 Å². The van der Waals surface area contributed by atoms with E-state index >= 15 is 0 Å². The minimum Gasteiger partial charge on any atom is -0.501 e. The molecule has 0 aromatic carbocycles. The van der Waals surface area contributed by atoms with Gasteiger partial charge in [0.15, 0.2) is 0 Å². The summed E-state index contributed by atoms with van der Waals surface area (Å²) in [6, 6.07) is 0. The van der Waals surface area contributed by atoms with Gasteiger partial charge in [0.2, 0.25) is 0 Å². The predicted octanol–water partition coefficient (Wildman–Crippen LogP) is 5.95. The van der Waals surface area contributed by atoms with E-state index in [1.54, 1.807) is 0 Å². The first-order valence-corrected chi connectivity index (χ1v) is 10.4. The van der Waals surface area contributed by atoms with E-state index in [2.05, 4.69) is 19.9 Å². The predicted molar refractivity (Wildman–Crippen MR) is 93.9 cm³/mol. The SMILES string of the molecule is CC12CC[C@H]3[C@@H](CCC4CCCC[C@@]43C)[C@@H]1CCC21C=COC1. The van der Waals surface area contributed by atoms with Gasteiger partial charge in [0, 0.05) is 5.41 Å². The number of rotatable bonds is 0. The Morgan fingerprint density at radius 1 is 0.870 bits per heavy atom. The fraction of sp³-hybridized carbons (Fsp3) is 0.909. The van der Waals surface area contributed by atoms with Gasteiger partial charge < -0.3 is 4.74 Å². The lowest BCUT2D eigenvalue weighted by Crippen LogP contribution is -2.54. The summed E-state index contributed by atoms with van der Waals surface area (Å²) in [4.78, 5) is 0. The highest BCUT2D eigenvalue weighted by Crippen LogP contribution is 2.71. The van der Waals surface area contributed by atoms with Crippen molar-refractivity contribution in [2.24, 2.45) is 39.9 Å². The summed E-state index contributed by atoms with van der Waals surface area (Å²) < 4.78 is 5.76. The maximum Gasteiger partial charge on any atom is 0.0970 e. The molecule has 0 aromatic rings. The van der Waals surface area contributed by atoms with Crippen LogP contribution >= 0.6 is 0 Å². The fourth-order valence-electron chi connectivity index (χ4n) is 8.40. The molecule has 1 nitrogen and oxygen atoms in total. The van der Waals surface area contributed by atoms with Gasteiger partial charge in [0.05, 0.1) is 12.9 Å². The summed E-state index contributed by atoms with van der Waals surface area (Å²) in [5, 5.41) is 0. The minimum absolute atomic E-state index is 0.382. The number of ether oxygens (including phenoxy) is 1.